The van der Waals surface area contributed by atoms with Crippen molar-refractivity contribution in [2.75, 3.05) is 6.54 Å². The van der Waals surface area contributed by atoms with Gasteiger partial charge in [-0.1, -0.05) is 47.5 Å². The van der Waals surface area contributed by atoms with Gasteiger partial charge in [-0.3, -0.25) is 4.79 Å². The van der Waals surface area contributed by atoms with E-state index in [1.165, 1.54) is 0 Å². The first-order valence-electron chi connectivity index (χ1n) is 6.26. The summed E-state index contributed by atoms with van der Waals surface area (Å²) in [6.07, 6.45) is 3.19. The lowest BCUT2D eigenvalue weighted by Crippen LogP contribution is -2.54. The molecule has 3 heteroatoms. The number of carboxylic acid groups (broad SMARTS) is 1. The van der Waals surface area contributed by atoms with Crippen LogP contribution in [0.5, 0.6) is 0 Å². The second-order valence-corrected chi connectivity index (χ2v) is 5.80. The summed E-state index contributed by atoms with van der Waals surface area (Å²) in [6, 6.07) is 0. The van der Waals surface area contributed by atoms with Crippen molar-refractivity contribution in [1.29, 1.82) is 0 Å². The van der Waals surface area contributed by atoms with Gasteiger partial charge in [0.25, 0.3) is 0 Å². The number of carboxylic acids is 1. The monoisotopic (exact) mass is 229 g/mol. The van der Waals surface area contributed by atoms with Gasteiger partial charge in [0, 0.05) is 6.54 Å². The van der Waals surface area contributed by atoms with Crippen molar-refractivity contribution in [1.82, 2.24) is 5.32 Å². The molecule has 16 heavy (non-hydrogen) atoms. The van der Waals surface area contributed by atoms with Crippen LogP contribution >= 0.6 is 0 Å². The predicted octanol–water partition coefficient (Wildman–Crippen LogP) is 3.05. The van der Waals surface area contributed by atoms with Crippen LogP contribution in [-0.2, 0) is 4.79 Å². The summed E-state index contributed by atoms with van der Waals surface area (Å²) in [5.41, 5.74) is -0.612. The molecular weight excluding hydrogens is 202 g/mol. The molecule has 0 unspecified atom stereocenters. The molecule has 0 saturated carbocycles. The van der Waals surface area contributed by atoms with Crippen LogP contribution < -0.4 is 5.32 Å². The second kappa shape index (κ2) is 6.24. The Morgan fingerprint density at radius 1 is 1.12 bits per heavy atom. The number of carbonyl (C=O) groups is 1. The highest BCUT2D eigenvalue weighted by Gasteiger charge is 2.36. The van der Waals surface area contributed by atoms with E-state index in [-0.39, 0.29) is 5.41 Å². The van der Waals surface area contributed by atoms with Crippen molar-refractivity contribution >= 4 is 5.97 Å². The summed E-state index contributed by atoms with van der Waals surface area (Å²) < 4.78 is 0. The Morgan fingerprint density at radius 2 is 1.56 bits per heavy atom. The van der Waals surface area contributed by atoms with Gasteiger partial charge >= 0.3 is 5.97 Å². The molecule has 0 radical (unpaired) electrons. The fourth-order valence-corrected chi connectivity index (χ4v) is 1.88. The van der Waals surface area contributed by atoms with Crippen LogP contribution in [0.4, 0.5) is 0 Å². The maximum absolute atomic E-state index is 11.5. The van der Waals surface area contributed by atoms with Gasteiger partial charge in [-0.05, 0) is 18.3 Å². The Kier molecular flexibility index (Phi) is 6.01. The van der Waals surface area contributed by atoms with E-state index in [4.69, 9.17) is 0 Å². The zero-order valence-electron chi connectivity index (χ0n) is 11.4. The number of hydrogen-bond acceptors (Lipinski definition) is 2. The normalized spacial score (nSPS) is 12.8. The lowest BCUT2D eigenvalue weighted by atomic mass is 9.86. The van der Waals surface area contributed by atoms with Crippen molar-refractivity contribution < 1.29 is 9.90 Å². The minimum absolute atomic E-state index is 0.113. The van der Waals surface area contributed by atoms with Crippen LogP contribution in [-0.4, -0.2) is 23.2 Å². The average Bonchev–Trinajstić information content (AvgIpc) is 2.13. The summed E-state index contributed by atoms with van der Waals surface area (Å²) in [6.45, 7) is 11.1. The highest BCUT2D eigenvalue weighted by atomic mass is 16.4. The van der Waals surface area contributed by atoms with E-state index in [0.717, 1.165) is 19.4 Å². The summed E-state index contributed by atoms with van der Waals surface area (Å²) >= 11 is 0. The van der Waals surface area contributed by atoms with Crippen molar-refractivity contribution in [2.24, 2.45) is 5.41 Å². The highest BCUT2D eigenvalue weighted by molar-refractivity contribution is 5.78. The predicted molar refractivity (Wildman–Crippen MR) is 67.6 cm³/mol. The molecule has 0 aromatic carbocycles. The van der Waals surface area contributed by atoms with Crippen LogP contribution in [0, 0.1) is 5.41 Å². The van der Waals surface area contributed by atoms with E-state index in [9.17, 15) is 9.90 Å². The fourth-order valence-electron chi connectivity index (χ4n) is 1.88. The van der Waals surface area contributed by atoms with Crippen LogP contribution in [0.15, 0.2) is 0 Å². The minimum atomic E-state index is -0.725. The molecule has 96 valence electrons. The van der Waals surface area contributed by atoms with Gasteiger partial charge in [0.15, 0.2) is 0 Å². The number of rotatable bonds is 7. The molecule has 0 heterocycles. The third-order valence-corrected chi connectivity index (χ3v) is 2.72. The smallest absolute Gasteiger partial charge is 0.323 e. The number of nitrogens with one attached hydrogen (secondary N) is 1. The first-order chi connectivity index (χ1) is 7.27. The first kappa shape index (κ1) is 15.4. The Morgan fingerprint density at radius 3 is 1.81 bits per heavy atom. The molecule has 3 nitrogen and oxygen atoms in total. The standard InChI is InChI=1S/C13H27NO2/c1-6-8-13(9-7-2,11(15)16)14-10-12(3,4)5/h14H,6-10H2,1-5H3,(H,15,16). The van der Waals surface area contributed by atoms with Crippen LogP contribution in [0.2, 0.25) is 0 Å². The maximum Gasteiger partial charge on any atom is 0.323 e. The van der Waals surface area contributed by atoms with Crippen LogP contribution in [0.3, 0.4) is 0 Å². The first-order valence-corrected chi connectivity index (χ1v) is 6.26. The number of hydrogen-bond donors (Lipinski definition) is 2. The minimum Gasteiger partial charge on any atom is -0.480 e. The summed E-state index contributed by atoms with van der Waals surface area (Å²) in [4.78, 5) is 11.5. The molecular formula is C13H27NO2. The highest BCUT2D eigenvalue weighted by Crippen LogP contribution is 2.22. The Bertz CT molecular complexity index is 212. The van der Waals surface area contributed by atoms with Gasteiger partial charge in [-0.25, -0.2) is 0 Å². The Balaban J connectivity index is 4.68. The molecule has 0 fully saturated rings. The molecule has 0 aromatic heterocycles. The van der Waals surface area contributed by atoms with Gasteiger partial charge in [-0.15, -0.1) is 0 Å². The zero-order chi connectivity index (χ0) is 12.8. The Labute approximate surface area is 99.6 Å². The molecule has 2 N–H and O–H groups in total. The van der Waals surface area contributed by atoms with E-state index < -0.39 is 11.5 Å². The van der Waals surface area contributed by atoms with Crippen molar-refractivity contribution in [3.8, 4) is 0 Å². The third kappa shape index (κ3) is 4.97. The molecule has 0 aromatic rings. The lowest BCUT2D eigenvalue weighted by molar-refractivity contribution is -0.145. The van der Waals surface area contributed by atoms with E-state index >= 15 is 0 Å². The van der Waals surface area contributed by atoms with Crippen molar-refractivity contribution in [3.63, 3.8) is 0 Å². The fraction of sp³-hybridized carbons (Fsp3) is 0.923. The molecule has 0 bridgehead atoms. The average molecular weight is 229 g/mol. The van der Waals surface area contributed by atoms with E-state index in [1.807, 2.05) is 13.8 Å². The second-order valence-electron chi connectivity index (χ2n) is 5.80. The van der Waals surface area contributed by atoms with Crippen LogP contribution in [0.25, 0.3) is 0 Å². The third-order valence-electron chi connectivity index (χ3n) is 2.72. The van der Waals surface area contributed by atoms with Crippen LogP contribution in [0.1, 0.15) is 60.3 Å². The molecule has 0 aliphatic carbocycles. The summed E-state index contributed by atoms with van der Waals surface area (Å²) in [5.74, 6) is -0.708. The molecule has 0 rings (SSSR count). The van der Waals surface area contributed by atoms with E-state index in [2.05, 4.69) is 26.1 Å². The quantitative estimate of drug-likeness (QED) is 0.705. The molecule has 0 aliphatic rings. The molecule has 0 saturated heterocycles. The summed E-state index contributed by atoms with van der Waals surface area (Å²) in [5, 5.41) is 12.7. The maximum atomic E-state index is 11.5. The van der Waals surface area contributed by atoms with Crippen molar-refractivity contribution in [3.05, 3.63) is 0 Å². The van der Waals surface area contributed by atoms with Gasteiger partial charge in [0.1, 0.15) is 5.54 Å². The molecule has 0 amide bonds. The van der Waals surface area contributed by atoms with Gasteiger partial charge in [-0.2, -0.15) is 0 Å². The zero-order valence-corrected chi connectivity index (χ0v) is 11.4. The van der Waals surface area contributed by atoms with E-state index in [1.54, 1.807) is 0 Å². The van der Waals surface area contributed by atoms with Gasteiger partial charge < -0.3 is 10.4 Å². The topological polar surface area (TPSA) is 49.3 Å². The largest absolute Gasteiger partial charge is 0.480 e. The van der Waals surface area contributed by atoms with Gasteiger partial charge in [0.05, 0.1) is 0 Å². The lowest BCUT2D eigenvalue weighted by Gasteiger charge is -2.33. The summed E-state index contributed by atoms with van der Waals surface area (Å²) in [7, 11) is 0. The van der Waals surface area contributed by atoms with Crippen molar-refractivity contribution in [2.45, 2.75) is 65.8 Å². The molecule has 0 spiro atoms. The van der Waals surface area contributed by atoms with Gasteiger partial charge in [0.2, 0.25) is 0 Å². The SMILES string of the molecule is CCCC(CCC)(NCC(C)(C)C)C(=O)O. The molecule has 0 aliphatic heterocycles. The Hall–Kier alpha value is -0.570. The molecule has 0 atom stereocenters. The van der Waals surface area contributed by atoms with E-state index in [0.29, 0.717) is 12.8 Å². The number of aliphatic carboxylic acids is 1.